The first kappa shape index (κ1) is 15.0. The van der Waals surface area contributed by atoms with E-state index in [2.05, 4.69) is 24.0 Å². The van der Waals surface area contributed by atoms with Crippen LogP contribution in [-0.2, 0) is 6.42 Å². The Morgan fingerprint density at radius 3 is 2.70 bits per heavy atom. The number of halogens is 1. The second kappa shape index (κ2) is 6.86. The number of rotatable bonds is 6. The normalized spacial score (nSPS) is 12.8. The molecule has 0 aliphatic carbocycles. The van der Waals surface area contributed by atoms with Gasteiger partial charge in [-0.2, -0.15) is 4.98 Å². The molecule has 1 aromatic heterocycles. The van der Waals surface area contributed by atoms with E-state index in [1.165, 1.54) is 0 Å². The van der Waals surface area contributed by atoms with E-state index < -0.39 is 0 Å². The van der Waals surface area contributed by atoms with Gasteiger partial charge in [-0.25, -0.2) is 0 Å². The summed E-state index contributed by atoms with van der Waals surface area (Å²) in [7, 11) is 0. The largest absolute Gasteiger partial charge is 0.339 e. The lowest BCUT2D eigenvalue weighted by Gasteiger charge is -2.14. The van der Waals surface area contributed by atoms with Crippen LogP contribution in [0.5, 0.6) is 0 Å². The molecule has 108 valence electrons. The fourth-order valence-corrected chi connectivity index (χ4v) is 2.49. The summed E-state index contributed by atoms with van der Waals surface area (Å²) < 4.78 is 5.31. The van der Waals surface area contributed by atoms with E-state index >= 15 is 0 Å². The lowest BCUT2D eigenvalue weighted by atomic mass is 9.94. The molecule has 0 unspecified atom stereocenters. The summed E-state index contributed by atoms with van der Waals surface area (Å²) in [6.45, 7) is 5.00. The van der Waals surface area contributed by atoms with Crippen LogP contribution in [0.2, 0.25) is 5.02 Å². The third kappa shape index (κ3) is 3.81. The van der Waals surface area contributed by atoms with Crippen molar-refractivity contribution in [2.75, 3.05) is 6.54 Å². The van der Waals surface area contributed by atoms with Gasteiger partial charge in [0.25, 0.3) is 0 Å². The number of nitrogens with two attached hydrogens (primary N) is 1. The summed E-state index contributed by atoms with van der Waals surface area (Å²) in [5, 5.41) is 4.62. The molecule has 2 rings (SSSR count). The van der Waals surface area contributed by atoms with Gasteiger partial charge in [-0.05, 0) is 36.9 Å². The monoisotopic (exact) mass is 293 g/mol. The van der Waals surface area contributed by atoms with E-state index in [1.54, 1.807) is 0 Å². The molecule has 0 aliphatic rings. The maximum Gasteiger partial charge on any atom is 0.227 e. The zero-order chi connectivity index (χ0) is 14.5. The molecule has 0 radical (unpaired) electrons. The third-order valence-corrected chi connectivity index (χ3v) is 3.51. The zero-order valence-electron chi connectivity index (χ0n) is 11.8. The Balaban J connectivity index is 2.11. The number of hydrogen-bond acceptors (Lipinski definition) is 4. The van der Waals surface area contributed by atoms with Gasteiger partial charge in [0.05, 0.1) is 5.02 Å². The molecular weight excluding hydrogens is 274 g/mol. The van der Waals surface area contributed by atoms with Crippen LogP contribution in [0.3, 0.4) is 0 Å². The minimum absolute atomic E-state index is 0.370. The summed E-state index contributed by atoms with van der Waals surface area (Å²) in [4.78, 5) is 4.42. The average Bonchev–Trinajstić information content (AvgIpc) is 2.86. The number of benzene rings is 1. The van der Waals surface area contributed by atoms with Crippen LogP contribution in [0.4, 0.5) is 0 Å². The highest BCUT2D eigenvalue weighted by Crippen LogP contribution is 2.25. The van der Waals surface area contributed by atoms with Gasteiger partial charge in [0.15, 0.2) is 0 Å². The zero-order valence-corrected chi connectivity index (χ0v) is 12.6. The Hall–Kier alpha value is -1.39. The number of aromatic nitrogens is 2. The smallest absolute Gasteiger partial charge is 0.227 e. The van der Waals surface area contributed by atoms with Crippen LogP contribution in [0.15, 0.2) is 28.8 Å². The van der Waals surface area contributed by atoms with Crippen LogP contribution in [0, 0.1) is 11.8 Å². The minimum Gasteiger partial charge on any atom is -0.339 e. The van der Waals surface area contributed by atoms with E-state index in [0.717, 1.165) is 12.0 Å². The van der Waals surface area contributed by atoms with Crippen molar-refractivity contribution in [1.29, 1.82) is 0 Å². The molecule has 2 aromatic rings. The SMILES string of the molecule is CC(C)C[C@H](CN)Cc1nc(-c2ccccc2Cl)no1. The van der Waals surface area contributed by atoms with Crippen LogP contribution in [0.1, 0.15) is 26.2 Å². The van der Waals surface area contributed by atoms with Crippen molar-refractivity contribution < 1.29 is 4.52 Å². The molecular formula is C15H20ClN3O. The predicted molar refractivity (Wildman–Crippen MR) is 80.4 cm³/mol. The second-order valence-electron chi connectivity index (χ2n) is 5.43. The van der Waals surface area contributed by atoms with Gasteiger partial charge in [-0.3, -0.25) is 0 Å². The molecule has 20 heavy (non-hydrogen) atoms. The van der Waals surface area contributed by atoms with Crippen molar-refractivity contribution in [3.63, 3.8) is 0 Å². The molecule has 0 amide bonds. The van der Waals surface area contributed by atoms with Crippen molar-refractivity contribution >= 4 is 11.6 Å². The van der Waals surface area contributed by atoms with Gasteiger partial charge >= 0.3 is 0 Å². The minimum atomic E-state index is 0.370. The fraction of sp³-hybridized carbons (Fsp3) is 0.467. The van der Waals surface area contributed by atoms with E-state index in [-0.39, 0.29) is 0 Å². The predicted octanol–water partition coefficient (Wildman–Crippen LogP) is 3.55. The van der Waals surface area contributed by atoms with Gasteiger partial charge in [0.2, 0.25) is 11.7 Å². The van der Waals surface area contributed by atoms with Crippen molar-refractivity contribution in [1.82, 2.24) is 10.1 Å². The summed E-state index contributed by atoms with van der Waals surface area (Å²) in [5.74, 6) is 2.13. The molecule has 1 heterocycles. The molecule has 0 saturated heterocycles. The first-order valence-electron chi connectivity index (χ1n) is 6.87. The molecule has 1 aromatic carbocycles. The van der Waals surface area contributed by atoms with E-state index in [4.69, 9.17) is 21.9 Å². The molecule has 4 nitrogen and oxygen atoms in total. The standard InChI is InChI=1S/C15H20ClN3O/c1-10(2)7-11(9-17)8-14-18-15(19-20-14)12-5-3-4-6-13(12)16/h3-6,10-11H,7-9,17H2,1-2H3/t11-/m0/s1. The Morgan fingerprint density at radius 1 is 1.30 bits per heavy atom. The first-order valence-corrected chi connectivity index (χ1v) is 7.25. The molecule has 0 aliphatic heterocycles. The van der Waals surface area contributed by atoms with Crippen molar-refractivity contribution in [2.45, 2.75) is 26.7 Å². The molecule has 1 atom stereocenters. The van der Waals surface area contributed by atoms with Crippen molar-refractivity contribution in [3.8, 4) is 11.4 Å². The summed E-state index contributed by atoms with van der Waals surface area (Å²) in [6, 6.07) is 7.47. The first-order chi connectivity index (χ1) is 9.60. The summed E-state index contributed by atoms with van der Waals surface area (Å²) in [6.07, 6.45) is 1.77. The molecule has 0 saturated carbocycles. The maximum atomic E-state index is 6.13. The Morgan fingerprint density at radius 2 is 2.05 bits per heavy atom. The highest BCUT2D eigenvalue weighted by Gasteiger charge is 2.16. The Labute approximate surface area is 124 Å². The Bertz CT molecular complexity index is 554. The molecule has 0 fully saturated rings. The van der Waals surface area contributed by atoms with E-state index in [0.29, 0.717) is 41.5 Å². The Kier molecular flexibility index (Phi) is 5.15. The van der Waals surface area contributed by atoms with Crippen LogP contribution < -0.4 is 5.73 Å². The van der Waals surface area contributed by atoms with Crippen LogP contribution in [0.25, 0.3) is 11.4 Å². The molecule has 0 bridgehead atoms. The molecule has 0 spiro atoms. The van der Waals surface area contributed by atoms with Gasteiger partial charge in [0, 0.05) is 12.0 Å². The van der Waals surface area contributed by atoms with E-state index in [1.807, 2.05) is 24.3 Å². The van der Waals surface area contributed by atoms with Crippen molar-refractivity contribution in [2.24, 2.45) is 17.6 Å². The number of hydrogen-bond donors (Lipinski definition) is 1. The van der Waals surface area contributed by atoms with Gasteiger partial charge in [-0.1, -0.05) is 42.7 Å². The second-order valence-corrected chi connectivity index (χ2v) is 5.83. The topological polar surface area (TPSA) is 64.9 Å². The average molecular weight is 294 g/mol. The van der Waals surface area contributed by atoms with Gasteiger partial charge in [-0.15, -0.1) is 0 Å². The third-order valence-electron chi connectivity index (χ3n) is 3.18. The molecule has 2 N–H and O–H groups in total. The highest BCUT2D eigenvalue weighted by atomic mass is 35.5. The lowest BCUT2D eigenvalue weighted by Crippen LogP contribution is -2.19. The fourth-order valence-electron chi connectivity index (χ4n) is 2.27. The highest BCUT2D eigenvalue weighted by molar-refractivity contribution is 6.33. The molecule has 5 heteroatoms. The quantitative estimate of drug-likeness (QED) is 0.884. The number of nitrogens with zero attached hydrogens (tertiary/aromatic N) is 2. The van der Waals surface area contributed by atoms with Gasteiger partial charge in [0.1, 0.15) is 0 Å². The van der Waals surface area contributed by atoms with Gasteiger partial charge < -0.3 is 10.3 Å². The van der Waals surface area contributed by atoms with Crippen LogP contribution in [-0.4, -0.2) is 16.7 Å². The summed E-state index contributed by atoms with van der Waals surface area (Å²) >= 11 is 6.13. The maximum absolute atomic E-state index is 6.13. The van der Waals surface area contributed by atoms with Crippen molar-refractivity contribution in [3.05, 3.63) is 35.2 Å². The van der Waals surface area contributed by atoms with E-state index in [9.17, 15) is 0 Å². The lowest BCUT2D eigenvalue weighted by molar-refractivity contribution is 0.332. The van der Waals surface area contributed by atoms with Crippen LogP contribution >= 0.6 is 11.6 Å². The summed E-state index contributed by atoms with van der Waals surface area (Å²) in [5.41, 5.74) is 6.59.